The Labute approximate surface area is 110 Å². The molecule has 1 aromatic rings. The molecule has 0 atom stereocenters. The molecule has 0 unspecified atom stereocenters. The molecule has 0 aromatic heterocycles. The summed E-state index contributed by atoms with van der Waals surface area (Å²) in [5.74, 6) is 1.28. The van der Waals surface area contributed by atoms with Crippen LogP contribution in [0.3, 0.4) is 0 Å². The molecule has 1 N–H and O–H groups in total. The second kappa shape index (κ2) is 4.26. The molecule has 16 heavy (non-hydrogen) atoms. The Bertz CT molecular complexity index is 399. The third kappa shape index (κ3) is 1.88. The molecule has 1 aliphatic heterocycles. The first kappa shape index (κ1) is 11.0. The predicted octanol–water partition coefficient (Wildman–Crippen LogP) is 4.53. The van der Waals surface area contributed by atoms with Crippen molar-refractivity contribution >= 4 is 33.4 Å². The number of halogens is 1. The first-order chi connectivity index (χ1) is 7.79. The Hall–Kier alpha value is -0.150. The van der Waals surface area contributed by atoms with Crippen LogP contribution in [0.1, 0.15) is 25.7 Å². The third-order valence-corrected chi connectivity index (χ3v) is 5.88. The van der Waals surface area contributed by atoms with Crippen LogP contribution in [0.25, 0.3) is 0 Å². The van der Waals surface area contributed by atoms with Crippen LogP contribution in [0, 0.1) is 5.41 Å². The first-order valence-electron chi connectivity index (χ1n) is 5.94. The summed E-state index contributed by atoms with van der Waals surface area (Å²) in [6.45, 7) is 1.15. The van der Waals surface area contributed by atoms with E-state index < -0.39 is 0 Å². The lowest BCUT2D eigenvalue weighted by Gasteiger charge is -2.26. The molecule has 1 aromatic carbocycles. The van der Waals surface area contributed by atoms with Gasteiger partial charge < -0.3 is 5.32 Å². The van der Waals surface area contributed by atoms with E-state index in [2.05, 4.69) is 39.4 Å². The smallest absolute Gasteiger partial charge is 0.0622 e. The average molecular weight is 298 g/mol. The zero-order chi connectivity index (χ0) is 11.0. The van der Waals surface area contributed by atoms with Crippen LogP contribution >= 0.6 is 27.7 Å². The maximum atomic E-state index is 3.66. The van der Waals surface area contributed by atoms with Crippen LogP contribution in [0.4, 0.5) is 5.69 Å². The van der Waals surface area contributed by atoms with E-state index in [0.29, 0.717) is 5.41 Å². The Morgan fingerprint density at radius 2 is 2.06 bits per heavy atom. The number of nitrogens with one attached hydrogen (secondary N) is 1. The maximum absolute atomic E-state index is 3.66. The SMILES string of the molecule is Brc1cccc2c1NCC1(CCCC1)CS2. The lowest BCUT2D eigenvalue weighted by molar-refractivity contribution is 0.373. The van der Waals surface area contributed by atoms with E-state index in [9.17, 15) is 0 Å². The minimum atomic E-state index is 0.559. The first-order valence-corrected chi connectivity index (χ1v) is 7.72. The van der Waals surface area contributed by atoms with Crippen LogP contribution in [-0.2, 0) is 0 Å². The Balaban J connectivity index is 1.89. The molecule has 0 radical (unpaired) electrons. The number of thioether (sulfide) groups is 1. The van der Waals surface area contributed by atoms with E-state index in [1.807, 2.05) is 11.8 Å². The van der Waals surface area contributed by atoms with Crippen molar-refractivity contribution in [1.82, 2.24) is 0 Å². The quantitative estimate of drug-likeness (QED) is 0.755. The van der Waals surface area contributed by atoms with Crippen molar-refractivity contribution in [2.24, 2.45) is 5.41 Å². The summed E-state index contributed by atoms with van der Waals surface area (Å²) >= 11 is 5.67. The topological polar surface area (TPSA) is 12.0 Å². The average Bonchev–Trinajstić information content (AvgIpc) is 2.65. The molecule has 0 amide bonds. The van der Waals surface area contributed by atoms with Crippen LogP contribution in [0.2, 0.25) is 0 Å². The van der Waals surface area contributed by atoms with Crippen molar-refractivity contribution in [1.29, 1.82) is 0 Å². The molecule has 1 fully saturated rings. The van der Waals surface area contributed by atoms with Crippen LogP contribution in [0.15, 0.2) is 27.6 Å². The second-order valence-corrected chi connectivity index (χ2v) is 6.83. The normalized spacial score (nSPS) is 22.6. The molecular weight excluding hydrogens is 282 g/mol. The Morgan fingerprint density at radius 1 is 1.25 bits per heavy atom. The van der Waals surface area contributed by atoms with Gasteiger partial charge in [0, 0.05) is 21.7 Å². The minimum Gasteiger partial charge on any atom is -0.383 e. The number of para-hydroxylation sites is 1. The van der Waals surface area contributed by atoms with Crippen LogP contribution in [0.5, 0.6) is 0 Å². The van der Waals surface area contributed by atoms with Gasteiger partial charge in [-0.05, 0) is 46.3 Å². The number of anilines is 1. The fraction of sp³-hybridized carbons (Fsp3) is 0.538. The number of hydrogen-bond acceptors (Lipinski definition) is 2. The van der Waals surface area contributed by atoms with Gasteiger partial charge in [-0.1, -0.05) is 18.9 Å². The zero-order valence-electron chi connectivity index (χ0n) is 9.26. The lowest BCUT2D eigenvalue weighted by Crippen LogP contribution is -2.27. The highest BCUT2D eigenvalue weighted by molar-refractivity contribution is 9.10. The highest BCUT2D eigenvalue weighted by atomic mass is 79.9. The minimum absolute atomic E-state index is 0.559. The summed E-state index contributed by atoms with van der Waals surface area (Å²) in [7, 11) is 0. The van der Waals surface area contributed by atoms with Crippen LogP contribution in [-0.4, -0.2) is 12.3 Å². The molecule has 2 aliphatic rings. The van der Waals surface area contributed by atoms with E-state index in [-0.39, 0.29) is 0 Å². The molecule has 0 saturated heterocycles. The highest BCUT2D eigenvalue weighted by Gasteiger charge is 2.35. The lowest BCUT2D eigenvalue weighted by atomic mass is 9.88. The van der Waals surface area contributed by atoms with Gasteiger partial charge in [0.1, 0.15) is 0 Å². The van der Waals surface area contributed by atoms with E-state index in [1.54, 1.807) is 0 Å². The summed E-state index contributed by atoms with van der Waals surface area (Å²) in [5, 5.41) is 3.66. The van der Waals surface area contributed by atoms with Crippen molar-refractivity contribution in [3.8, 4) is 0 Å². The Kier molecular flexibility index (Phi) is 2.92. The maximum Gasteiger partial charge on any atom is 0.0622 e. The summed E-state index contributed by atoms with van der Waals surface area (Å²) in [4.78, 5) is 1.40. The van der Waals surface area contributed by atoms with Gasteiger partial charge in [-0.2, -0.15) is 0 Å². The Morgan fingerprint density at radius 3 is 2.88 bits per heavy atom. The zero-order valence-corrected chi connectivity index (χ0v) is 11.7. The van der Waals surface area contributed by atoms with E-state index in [4.69, 9.17) is 0 Å². The van der Waals surface area contributed by atoms with Gasteiger partial charge in [-0.3, -0.25) is 0 Å². The van der Waals surface area contributed by atoms with Gasteiger partial charge in [0.05, 0.1) is 5.69 Å². The summed E-state index contributed by atoms with van der Waals surface area (Å²) in [6, 6.07) is 6.48. The largest absolute Gasteiger partial charge is 0.383 e. The standard InChI is InChI=1S/C13H16BrNS/c14-10-4-3-5-11-12(10)15-8-13(9-16-11)6-1-2-7-13/h3-5,15H,1-2,6-9H2. The van der Waals surface area contributed by atoms with Gasteiger partial charge >= 0.3 is 0 Å². The molecule has 0 bridgehead atoms. The van der Waals surface area contributed by atoms with Crippen molar-refractivity contribution in [2.75, 3.05) is 17.6 Å². The van der Waals surface area contributed by atoms with Gasteiger partial charge in [0.2, 0.25) is 0 Å². The van der Waals surface area contributed by atoms with E-state index in [0.717, 1.165) is 6.54 Å². The molecule has 3 rings (SSSR count). The van der Waals surface area contributed by atoms with Crippen molar-refractivity contribution in [2.45, 2.75) is 30.6 Å². The van der Waals surface area contributed by atoms with Gasteiger partial charge in [-0.25, -0.2) is 0 Å². The van der Waals surface area contributed by atoms with Crippen molar-refractivity contribution < 1.29 is 0 Å². The van der Waals surface area contributed by atoms with Crippen molar-refractivity contribution in [3.05, 3.63) is 22.7 Å². The number of benzene rings is 1. The molecule has 86 valence electrons. The number of fused-ring (bicyclic) bond motifs is 1. The second-order valence-electron chi connectivity index (χ2n) is 4.96. The molecule has 1 nitrogen and oxygen atoms in total. The molecular formula is C13H16BrNS. The third-order valence-electron chi connectivity index (χ3n) is 3.81. The number of hydrogen-bond donors (Lipinski definition) is 1. The fourth-order valence-electron chi connectivity index (χ4n) is 2.80. The van der Waals surface area contributed by atoms with Gasteiger partial charge in [0.15, 0.2) is 0 Å². The van der Waals surface area contributed by atoms with Gasteiger partial charge in [0.25, 0.3) is 0 Å². The molecule has 1 spiro atoms. The van der Waals surface area contributed by atoms with Crippen molar-refractivity contribution in [3.63, 3.8) is 0 Å². The monoisotopic (exact) mass is 297 g/mol. The summed E-state index contributed by atoms with van der Waals surface area (Å²) in [5.41, 5.74) is 1.86. The van der Waals surface area contributed by atoms with E-state index in [1.165, 1.54) is 46.5 Å². The number of rotatable bonds is 0. The molecule has 1 saturated carbocycles. The van der Waals surface area contributed by atoms with Crippen LogP contribution < -0.4 is 5.32 Å². The molecule has 3 heteroatoms. The summed E-state index contributed by atoms with van der Waals surface area (Å²) < 4.78 is 1.20. The predicted molar refractivity (Wildman–Crippen MR) is 74.3 cm³/mol. The van der Waals surface area contributed by atoms with Gasteiger partial charge in [-0.15, -0.1) is 11.8 Å². The fourth-order valence-corrected chi connectivity index (χ4v) is 4.79. The van der Waals surface area contributed by atoms with E-state index >= 15 is 0 Å². The highest BCUT2D eigenvalue weighted by Crippen LogP contribution is 2.47. The molecule has 1 heterocycles. The molecule has 1 aliphatic carbocycles. The summed E-state index contributed by atoms with van der Waals surface area (Å²) in [6.07, 6.45) is 5.64.